The maximum Gasteiger partial charge on any atom is 0.417 e. The van der Waals surface area contributed by atoms with E-state index in [1.54, 1.807) is 16.7 Å². The smallest absolute Gasteiger partial charge is 0.417 e. The first-order chi connectivity index (χ1) is 24.3. The number of carbonyl (C=O) groups excluding carboxylic acids is 1. The molecule has 0 bridgehead atoms. The second kappa shape index (κ2) is 12.1. The monoisotopic (exact) mass is 729 g/mol. The van der Waals surface area contributed by atoms with Crippen molar-refractivity contribution in [2.75, 3.05) is 43.4 Å². The zero-order valence-corrected chi connectivity index (χ0v) is 28.3. The normalized spacial score (nSPS) is 24.9. The molecular formula is C35H33F6N7O2S. The average molecular weight is 730 g/mol. The Morgan fingerprint density at radius 3 is 2.76 bits per heavy atom. The lowest BCUT2D eigenvalue weighted by molar-refractivity contribution is -0.137. The van der Waals surface area contributed by atoms with E-state index >= 15 is 17.6 Å². The van der Waals surface area contributed by atoms with Gasteiger partial charge in [0, 0.05) is 48.8 Å². The molecule has 0 aliphatic carbocycles. The van der Waals surface area contributed by atoms with E-state index in [0.717, 1.165) is 31.0 Å². The minimum Gasteiger partial charge on any atom is -0.461 e. The summed E-state index contributed by atoms with van der Waals surface area (Å²) in [6, 6.07) is 3.55. The van der Waals surface area contributed by atoms with Gasteiger partial charge in [-0.2, -0.15) is 28.4 Å². The van der Waals surface area contributed by atoms with Crippen molar-refractivity contribution in [3.8, 4) is 23.2 Å². The quantitative estimate of drug-likeness (QED) is 0.207. The van der Waals surface area contributed by atoms with E-state index in [-0.39, 0.29) is 87.9 Å². The highest BCUT2D eigenvalue weighted by atomic mass is 32.1. The Labute approximate surface area is 292 Å². The van der Waals surface area contributed by atoms with Crippen molar-refractivity contribution in [2.45, 2.75) is 75.4 Å². The largest absolute Gasteiger partial charge is 0.461 e. The van der Waals surface area contributed by atoms with Gasteiger partial charge in [0.15, 0.2) is 5.82 Å². The number of thiophene rings is 1. The summed E-state index contributed by atoms with van der Waals surface area (Å²) in [5.74, 6) is -2.31. The SMILES string of the molecule is CCN(c1nc(OC[C@@]23CCCN2C[C@H](F)C3)nc2c(F)c(-c3ccc(F)c4sc(N)c(C#N)c34)c(C(F)(F)F)cc12)[C@H]1CC(=O)N2CCC[C@@H]12. The first-order valence-electron chi connectivity index (χ1n) is 17.0. The molecule has 6 heterocycles. The number of hydrogen-bond donors (Lipinski definition) is 1. The van der Waals surface area contributed by atoms with Gasteiger partial charge in [-0.05, 0) is 56.8 Å². The van der Waals surface area contributed by atoms with Crippen molar-refractivity contribution >= 4 is 49.1 Å². The van der Waals surface area contributed by atoms with Gasteiger partial charge in [-0.15, -0.1) is 11.3 Å². The molecule has 1 amide bonds. The summed E-state index contributed by atoms with van der Waals surface area (Å²) in [5.41, 5.74) is 1.91. The number of aromatic nitrogens is 2. The molecule has 4 aliphatic heterocycles. The number of rotatable bonds is 7. The number of anilines is 2. The molecule has 4 aliphatic rings. The van der Waals surface area contributed by atoms with Gasteiger partial charge < -0.3 is 20.3 Å². The standard InChI is InChI=1S/C35H33F6N7O2S/c1-2-47(24-12-25(49)48-10-3-5-23(24)48)32-19-11-21(35(39,40)41)27(18-6-7-22(37)30-26(18)20(14-42)31(43)51-30)28(38)29(19)44-33(45-32)50-16-34-8-4-9-46(34)15-17(36)13-34/h6-7,11,17,23-24H,2-5,8-10,12-13,15-16,43H2,1H3/t17-,23+,24+,34+/m1/s1. The van der Waals surface area contributed by atoms with Crippen LogP contribution in [-0.4, -0.2) is 82.3 Å². The topological polar surface area (TPSA) is 112 Å². The summed E-state index contributed by atoms with van der Waals surface area (Å²) in [5, 5.41) is 9.24. The molecule has 4 aromatic rings. The average Bonchev–Trinajstić information content (AvgIpc) is 3.89. The minimum atomic E-state index is -5.12. The fraction of sp³-hybridized carbons (Fsp3) is 0.486. The molecule has 0 spiro atoms. The molecule has 0 radical (unpaired) electrons. The number of carbonyl (C=O) groups is 1. The molecule has 4 atom stereocenters. The molecule has 9 nitrogen and oxygen atoms in total. The first-order valence-corrected chi connectivity index (χ1v) is 17.8. The number of hydrogen-bond acceptors (Lipinski definition) is 9. The van der Waals surface area contributed by atoms with E-state index in [1.807, 2.05) is 11.0 Å². The second-order valence-corrected chi connectivity index (χ2v) is 14.9. The van der Waals surface area contributed by atoms with Crippen molar-refractivity contribution < 1.29 is 35.9 Å². The van der Waals surface area contributed by atoms with Gasteiger partial charge in [0.2, 0.25) is 5.91 Å². The molecule has 4 saturated heterocycles. The molecule has 2 aromatic heterocycles. The van der Waals surface area contributed by atoms with Crippen LogP contribution in [0, 0.1) is 23.0 Å². The zero-order valence-electron chi connectivity index (χ0n) is 27.5. The van der Waals surface area contributed by atoms with Gasteiger partial charge in [-0.25, -0.2) is 13.2 Å². The van der Waals surface area contributed by atoms with E-state index in [0.29, 0.717) is 37.3 Å². The summed E-state index contributed by atoms with van der Waals surface area (Å²) in [4.78, 5) is 27.5. The Hall–Kier alpha value is -4.36. The lowest BCUT2D eigenvalue weighted by atomic mass is 9.92. The molecule has 16 heteroatoms. The predicted molar refractivity (Wildman–Crippen MR) is 179 cm³/mol. The lowest BCUT2D eigenvalue weighted by Crippen LogP contribution is -2.44. The van der Waals surface area contributed by atoms with E-state index < -0.39 is 52.2 Å². The fourth-order valence-electron chi connectivity index (χ4n) is 8.91. The van der Waals surface area contributed by atoms with Crippen LogP contribution in [0.1, 0.15) is 56.6 Å². The van der Waals surface area contributed by atoms with Crippen molar-refractivity contribution in [3.63, 3.8) is 0 Å². The second-order valence-electron chi connectivity index (χ2n) is 13.8. The van der Waals surface area contributed by atoms with Crippen LogP contribution in [0.4, 0.5) is 37.2 Å². The molecule has 51 heavy (non-hydrogen) atoms. The van der Waals surface area contributed by atoms with Crippen LogP contribution < -0.4 is 15.4 Å². The number of halogens is 6. The molecule has 268 valence electrons. The third-order valence-corrected chi connectivity index (χ3v) is 12.1. The number of alkyl halides is 4. The van der Waals surface area contributed by atoms with E-state index in [9.17, 15) is 18.8 Å². The van der Waals surface area contributed by atoms with Crippen molar-refractivity contribution in [2.24, 2.45) is 0 Å². The van der Waals surface area contributed by atoms with Crippen LogP contribution >= 0.6 is 11.3 Å². The number of nitrogens with zero attached hydrogens (tertiary/aromatic N) is 6. The van der Waals surface area contributed by atoms with Gasteiger partial charge in [-0.3, -0.25) is 9.69 Å². The maximum absolute atomic E-state index is 17.2. The summed E-state index contributed by atoms with van der Waals surface area (Å²) in [7, 11) is 0. The third kappa shape index (κ3) is 5.25. The Kier molecular flexibility index (Phi) is 8.02. The van der Waals surface area contributed by atoms with Crippen molar-refractivity contribution in [1.29, 1.82) is 5.26 Å². The van der Waals surface area contributed by atoms with Crippen LogP contribution in [0.15, 0.2) is 18.2 Å². The Morgan fingerprint density at radius 2 is 2.02 bits per heavy atom. The van der Waals surface area contributed by atoms with Crippen LogP contribution in [0.2, 0.25) is 0 Å². The molecule has 2 aromatic carbocycles. The number of nitriles is 1. The van der Waals surface area contributed by atoms with Crippen molar-refractivity contribution in [3.05, 3.63) is 41.0 Å². The van der Waals surface area contributed by atoms with Gasteiger partial charge in [-0.1, -0.05) is 6.07 Å². The number of nitrogens with two attached hydrogens (primary N) is 1. The molecule has 8 rings (SSSR count). The number of likely N-dealkylation sites (N-methyl/N-ethyl adjacent to an activating group) is 1. The van der Waals surface area contributed by atoms with Crippen LogP contribution in [0.3, 0.4) is 0 Å². The highest BCUT2D eigenvalue weighted by Crippen LogP contribution is 2.49. The van der Waals surface area contributed by atoms with Gasteiger partial charge >= 0.3 is 12.2 Å². The number of amides is 1. The van der Waals surface area contributed by atoms with Crippen LogP contribution in [0.25, 0.3) is 32.1 Å². The molecule has 4 fully saturated rings. The number of nitrogen functional groups attached to an aromatic ring is 1. The third-order valence-electron chi connectivity index (χ3n) is 11.1. The Morgan fingerprint density at radius 1 is 1.22 bits per heavy atom. The summed E-state index contributed by atoms with van der Waals surface area (Å²) in [6.45, 7) is 3.50. The van der Waals surface area contributed by atoms with E-state index in [1.165, 1.54) is 0 Å². The van der Waals surface area contributed by atoms with Crippen LogP contribution in [-0.2, 0) is 11.0 Å². The predicted octanol–water partition coefficient (Wildman–Crippen LogP) is 6.81. The highest BCUT2D eigenvalue weighted by Gasteiger charge is 2.50. The number of benzene rings is 2. The van der Waals surface area contributed by atoms with E-state index in [2.05, 4.69) is 9.97 Å². The summed E-state index contributed by atoms with van der Waals surface area (Å²) in [6.07, 6.45) is -2.87. The molecule has 0 unspecified atom stereocenters. The zero-order chi connectivity index (χ0) is 36.0. The fourth-order valence-corrected chi connectivity index (χ4v) is 9.86. The van der Waals surface area contributed by atoms with Crippen LogP contribution in [0.5, 0.6) is 6.01 Å². The first kappa shape index (κ1) is 33.8. The molecule has 2 N–H and O–H groups in total. The highest BCUT2D eigenvalue weighted by molar-refractivity contribution is 7.23. The van der Waals surface area contributed by atoms with E-state index in [4.69, 9.17) is 10.5 Å². The maximum atomic E-state index is 17.2. The number of fused-ring (bicyclic) bond motifs is 4. The molecule has 0 saturated carbocycles. The van der Waals surface area contributed by atoms with Crippen molar-refractivity contribution in [1.82, 2.24) is 19.8 Å². The minimum absolute atomic E-state index is 0.0176. The van der Waals surface area contributed by atoms with Gasteiger partial charge in [0.25, 0.3) is 0 Å². The number of ether oxygens (including phenoxy) is 1. The summed E-state index contributed by atoms with van der Waals surface area (Å²) >= 11 is 0.683. The van der Waals surface area contributed by atoms with Gasteiger partial charge in [0.1, 0.15) is 41.0 Å². The Balaban J connectivity index is 1.36. The molecular weight excluding hydrogens is 696 g/mol. The summed E-state index contributed by atoms with van der Waals surface area (Å²) < 4.78 is 98.0. The van der Waals surface area contributed by atoms with Gasteiger partial charge in [0.05, 0.1) is 33.4 Å². The Bertz CT molecular complexity index is 2140. The lowest BCUT2D eigenvalue weighted by Gasteiger charge is -2.34.